The van der Waals surface area contributed by atoms with Crippen LogP contribution in [0.1, 0.15) is 0 Å². The molecule has 184 valence electrons. The van der Waals surface area contributed by atoms with Crippen LogP contribution in [0.3, 0.4) is 0 Å². The Morgan fingerprint density at radius 3 is 1.60 bits per heavy atom. The van der Waals surface area contributed by atoms with Gasteiger partial charge >= 0.3 is 18.5 Å². The predicted molar refractivity (Wildman–Crippen MR) is 77.9 cm³/mol. The monoisotopic (exact) mass is 474 g/mol. The molecule has 17 heteroatoms. The van der Waals surface area contributed by atoms with E-state index in [0.29, 0.717) is 0 Å². The second-order valence-electron chi connectivity index (χ2n) is 4.93. The van der Waals surface area contributed by atoms with Crippen LogP contribution in [0.2, 0.25) is 0 Å². The Hall–Kier alpha value is -0.920. The summed E-state index contributed by atoms with van der Waals surface area (Å²) in [6.45, 7) is -6.80. The molecule has 0 aliphatic carbocycles. The summed E-state index contributed by atoms with van der Waals surface area (Å²) >= 11 is 0. The summed E-state index contributed by atoms with van der Waals surface area (Å²) < 4.78 is 116. The SMILES string of the molecule is OCC(O)COCCOC(F)(F)C(F)(F)OC(F)(F)OCF.OCC(O)COCF. The van der Waals surface area contributed by atoms with E-state index in [2.05, 4.69) is 23.7 Å². The molecule has 2 atom stereocenters. The number of halogens is 8. The van der Waals surface area contributed by atoms with Gasteiger partial charge in [-0.3, -0.25) is 4.74 Å². The van der Waals surface area contributed by atoms with E-state index in [1.54, 1.807) is 0 Å². The lowest BCUT2D eigenvalue weighted by molar-refractivity contribution is -0.529. The van der Waals surface area contributed by atoms with Crippen molar-refractivity contribution in [3.05, 3.63) is 0 Å². The van der Waals surface area contributed by atoms with Crippen LogP contribution in [0.4, 0.5) is 35.1 Å². The fourth-order valence-electron chi connectivity index (χ4n) is 1.12. The normalized spacial score (nSPS) is 14.8. The molecule has 0 heterocycles. The van der Waals surface area contributed by atoms with Gasteiger partial charge in [-0.15, -0.1) is 8.78 Å². The zero-order valence-corrected chi connectivity index (χ0v) is 15.2. The molecular formula is C13H22F8O9. The molecule has 0 radical (unpaired) electrons. The first-order chi connectivity index (χ1) is 13.8. The van der Waals surface area contributed by atoms with Gasteiger partial charge in [-0.2, -0.15) is 17.6 Å². The quantitative estimate of drug-likeness (QED) is 0.142. The number of hydrogen-bond acceptors (Lipinski definition) is 9. The zero-order chi connectivity index (χ0) is 23.8. The highest BCUT2D eigenvalue weighted by Crippen LogP contribution is 2.40. The maximum absolute atomic E-state index is 12.9. The fourth-order valence-corrected chi connectivity index (χ4v) is 1.12. The van der Waals surface area contributed by atoms with Crippen LogP contribution >= 0.6 is 0 Å². The van der Waals surface area contributed by atoms with Crippen molar-refractivity contribution < 1.29 is 79.2 Å². The highest BCUT2D eigenvalue weighted by atomic mass is 19.3. The lowest BCUT2D eigenvalue weighted by Gasteiger charge is -2.28. The number of aliphatic hydroxyl groups is 4. The van der Waals surface area contributed by atoms with Gasteiger partial charge in [0.05, 0.1) is 39.6 Å². The Labute approximate surface area is 164 Å². The largest absolute Gasteiger partial charge is 0.492 e. The molecule has 0 aliphatic heterocycles. The summed E-state index contributed by atoms with van der Waals surface area (Å²) in [5.74, 6) is 0. The molecule has 0 rings (SSSR count). The molecule has 0 aromatic carbocycles. The molecule has 0 aromatic heterocycles. The van der Waals surface area contributed by atoms with Gasteiger partial charge in [-0.05, 0) is 0 Å². The summed E-state index contributed by atoms with van der Waals surface area (Å²) in [4.78, 5) is 0. The van der Waals surface area contributed by atoms with Gasteiger partial charge in [0.2, 0.25) is 0 Å². The third kappa shape index (κ3) is 15.0. The number of ether oxygens (including phenoxy) is 5. The van der Waals surface area contributed by atoms with Crippen LogP contribution in [-0.4, -0.2) is 105 Å². The molecule has 2 unspecified atom stereocenters. The van der Waals surface area contributed by atoms with Gasteiger partial charge in [0.1, 0.15) is 12.2 Å². The van der Waals surface area contributed by atoms with Crippen LogP contribution in [0.5, 0.6) is 0 Å². The van der Waals surface area contributed by atoms with Gasteiger partial charge in [-0.1, -0.05) is 0 Å². The highest BCUT2D eigenvalue weighted by molar-refractivity contribution is 4.67. The maximum atomic E-state index is 12.9. The predicted octanol–water partition coefficient (Wildman–Crippen LogP) is 0.352. The molecule has 9 nitrogen and oxygen atoms in total. The lowest BCUT2D eigenvalue weighted by atomic mass is 10.4. The molecule has 0 bridgehead atoms. The molecule has 0 saturated carbocycles. The van der Waals surface area contributed by atoms with Gasteiger partial charge in [-0.25, -0.2) is 13.5 Å². The Morgan fingerprint density at radius 1 is 0.667 bits per heavy atom. The van der Waals surface area contributed by atoms with Crippen LogP contribution in [0, 0.1) is 0 Å². The van der Waals surface area contributed by atoms with Crippen LogP contribution in [-0.2, 0) is 23.7 Å². The zero-order valence-electron chi connectivity index (χ0n) is 15.2. The lowest BCUT2D eigenvalue weighted by Crippen LogP contribution is -2.49. The molecule has 0 saturated heterocycles. The first kappa shape index (κ1) is 31.3. The van der Waals surface area contributed by atoms with Crippen LogP contribution in [0.25, 0.3) is 0 Å². The summed E-state index contributed by atoms with van der Waals surface area (Å²) in [6, 6.07) is 0. The van der Waals surface area contributed by atoms with Crippen molar-refractivity contribution in [1.29, 1.82) is 0 Å². The molecule has 0 aromatic rings. The van der Waals surface area contributed by atoms with E-state index < -0.39 is 70.9 Å². The number of hydrogen-bond donors (Lipinski definition) is 4. The molecule has 4 N–H and O–H groups in total. The molecule has 30 heavy (non-hydrogen) atoms. The van der Waals surface area contributed by atoms with Crippen molar-refractivity contribution in [2.75, 3.05) is 53.4 Å². The second-order valence-corrected chi connectivity index (χ2v) is 4.93. The molecule has 0 aliphatic rings. The van der Waals surface area contributed by atoms with Crippen molar-refractivity contribution in [3.63, 3.8) is 0 Å². The Kier molecular flexibility index (Phi) is 16.5. The maximum Gasteiger partial charge on any atom is 0.492 e. The molecular weight excluding hydrogens is 452 g/mol. The van der Waals surface area contributed by atoms with Crippen molar-refractivity contribution in [2.24, 2.45) is 0 Å². The van der Waals surface area contributed by atoms with E-state index in [4.69, 9.17) is 20.4 Å². The summed E-state index contributed by atoms with van der Waals surface area (Å²) in [7, 11) is 0. The number of aliphatic hydroxyl groups excluding tert-OH is 4. The highest BCUT2D eigenvalue weighted by Gasteiger charge is 2.64. The summed E-state index contributed by atoms with van der Waals surface area (Å²) in [6.07, 6.45) is -18.9. The van der Waals surface area contributed by atoms with E-state index in [-0.39, 0.29) is 13.2 Å². The van der Waals surface area contributed by atoms with Crippen LogP contribution < -0.4 is 0 Å². The van der Waals surface area contributed by atoms with E-state index in [1.165, 1.54) is 0 Å². The van der Waals surface area contributed by atoms with Crippen LogP contribution in [0.15, 0.2) is 0 Å². The van der Waals surface area contributed by atoms with Crippen molar-refractivity contribution >= 4 is 0 Å². The van der Waals surface area contributed by atoms with E-state index >= 15 is 0 Å². The van der Waals surface area contributed by atoms with Gasteiger partial charge in [0.25, 0.3) is 0 Å². The van der Waals surface area contributed by atoms with Gasteiger partial charge in [0, 0.05) is 0 Å². The van der Waals surface area contributed by atoms with Crippen molar-refractivity contribution in [2.45, 2.75) is 30.7 Å². The Morgan fingerprint density at radius 2 is 1.17 bits per heavy atom. The molecule has 0 fully saturated rings. The van der Waals surface area contributed by atoms with E-state index in [1.807, 2.05) is 0 Å². The van der Waals surface area contributed by atoms with E-state index in [9.17, 15) is 35.1 Å². The minimum absolute atomic E-state index is 0.146. The van der Waals surface area contributed by atoms with Gasteiger partial charge < -0.3 is 34.6 Å². The smallest absolute Gasteiger partial charge is 0.394 e. The minimum atomic E-state index is -5.82. The number of rotatable bonds is 16. The Bertz CT molecular complexity index is 420. The first-order valence-corrected chi connectivity index (χ1v) is 7.75. The second kappa shape index (κ2) is 15.8. The third-order valence-electron chi connectivity index (χ3n) is 2.44. The van der Waals surface area contributed by atoms with Crippen molar-refractivity contribution in [3.8, 4) is 0 Å². The van der Waals surface area contributed by atoms with Gasteiger partial charge in [0.15, 0.2) is 13.7 Å². The topological polar surface area (TPSA) is 127 Å². The van der Waals surface area contributed by atoms with Crippen molar-refractivity contribution in [1.82, 2.24) is 0 Å². The first-order valence-electron chi connectivity index (χ1n) is 7.75. The fraction of sp³-hybridized carbons (Fsp3) is 1.00. The minimum Gasteiger partial charge on any atom is -0.394 e. The average molecular weight is 474 g/mol. The summed E-state index contributed by atoms with van der Waals surface area (Å²) in [5, 5.41) is 33.7. The Balaban J connectivity index is 0. The molecule has 0 spiro atoms. The van der Waals surface area contributed by atoms with E-state index in [0.717, 1.165) is 0 Å². The third-order valence-corrected chi connectivity index (χ3v) is 2.44. The standard InChI is InChI=1S/C9H13F7O6.C4H9FO3/c10-5-21-9(15,16)22-8(13,14)7(11,12)20-2-1-19-4-6(18)3-17;5-3-8-2-4(7)1-6/h6,17-18H,1-5H2;4,6-7H,1-3H2. The number of alkyl halides is 8. The average Bonchev–Trinajstić information content (AvgIpc) is 2.64. The molecule has 0 amide bonds. The summed E-state index contributed by atoms with van der Waals surface area (Å²) in [5.41, 5.74) is 0.